The van der Waals surface area contributed by atoms with Gasteiger partial charge in [0.25, 0.3) is 0 Å². The fourth-order valence-electron chi connectivity index (χ4n) is 1.94. The summed E-state index contributed by atoms with van der Waals surface area (Å²) in [6, 6.07) is 0. The number of carbonyl (C=O) groups excluding carboxylic acids is 1. The van der Waals surface area contributed by atoms with Crippen LogP contribution in [0.25, 0.3) is 0 Å². The molecule has 1 N–H and O–H groups in total. The monoisotopic (exact) mass is 297 g/mol. The van der Waals surface area contributed by atoms with Crippen molar-refractivity contribution in [1.82, 2.24) is 14.7 Å². The zero-order valence-corrected chi connectivity index (χ0v) is 12.3. The van der Waals surface area contributed by atoms with Crippen molar-refractivity contribution < 1.29 is 24.2 Å². The molecule has 0 saturated carbocycles. The molecule has 116 valence electrons. The van der Waals surface area contributed by atoms with Gasteiger partial charge in [0.2, 0.25) is 0 Å². The lowest BCUT2D eigenvalue weighted by molar-refractivity contribution is -0.0232. The second kappa shape index (κ2) is 5.72. The molecule has 1 fully saturated rings. The molecule has 1 aromatic heterocycles. The predicted molar refractivity (Wildman–Crippen MR) is 72.1 cm³/mol. The molecule has 0 spiro atoms. The Morgan fingerprint density at radius 1 is 1.48 bits per heavy atom. The van der Waals surface area contributed by atoms with E-state index in [1.807, 2.05) is 0 Å². The summed E-state index contributed by atoms with van der Waals surface area (Å²) >= 11 is 0. The molecule has 0 bridgehead atoms. The molecule has 0 aliphatic carbocycles. The Balaban J connectivity index is 2.05. The lowest BCUT2D eigenvalue weighted by atomic mass is 10.2. The molecule has 8 heteroatoms. The van der Waals surface area contributed by atoms with Gasteiger partial charge in [-0.05, 0) is 20.8 Å². The summed E-state index contributed by atoms with van der Waals surface area (Å²) in [5.74, 6) is 0. The van der Waals surface area contributed by atoms with Gasteiger partial charge < -0.3 is 19.5 Å². The quantitative estimate of drug-likeness (QED) is 0.848. The zero-order valence-electron chi connectivity index (χ0n) is 12.3. The van der Waals surface area contributed by atoms with E-state index in [2.05, 4.69) is 5.10 Å². The minimum Gasteiger partial charge on any atom is -0.465 e. The van der Waals surface area contributed by atoms with Crippen LogP contribution in [-0.2, 0) is 9.47 Å². The highest BCUT2D eigenvalue weighted by atomic mass is 16.6. The number of rotatable bonds is 1. The maximum absolute atomic E-state index is 11.9. The van der Waals surface area contributed by atoms with Crippen molar-refractivity contribution in [1.29, 1.82) is 0 Å². The topological polar surface area (TPSA) is 93.9 Å². The second-order valence-corrected chi connectivity index (χ2v) is 5.79. The van der Waals surface area contributed by atoms with E-state index < -0.39 is 23.9 Å². The Morgan fingerprint density at radius 2 is 2.19 bits per heavy atom. The average molecular weight is 297 g/mol. The molecule has 1 aliphatic rings. The van der Waals surface area contributed by atoms with Gasteiger partial charge >= 0.3 is 12.2 Å². The lowest BCUT2D eigenvalue weighted by Crippen LogP contribution is -2.41. The molecular formula is C13H19N3O5. The molecule has 8 nitrogen and oxygen atoms in total. The Morgan fingerprint density at radius 3 is 2.81 bits per heavy atom. The Kier molecular flexibility index (Phi) is 4.17. The number of aromatic nitrogens is 2. The van der Waals surface area contributed by atoms with E-state index in [0.717, 1.165) is 4.68 Å². The number of carbonyl (C=O) groups is 2. The van der Waals surface area contributed by atoms with E-state index in [1.165, 1.54) is 17.3 Å². The van der Waals surface area contributed by atoms with Gasteiger partial charge in [0, 0.05) is 18.3 Å². The maximum atomic E-state index is 11.9. The van der Waals surface area contributed by atoms with Gasteiger partial charge in [-0.1, -0.05) is 0 Å². The third-order valence-electron chi connectivity index (χ3n) is 2.89. The zero-order chi connectivity index (χ0) is 15.6. The summed E-state index contributed by atoms with van der Waals surface area (Å²) in [7, 11) is 0. The van der Waals surface area contributed by atoms with Crippen molar-refractivity contribution >= 4 is 12.2 Å². The summed E-state index contributed by atoms with van der Waals surface area (Å²) in [5.41, 5.74) is 0.0387. The van der Waals surface area contributed by atoms with Gasteiger partial charge in [-0.25, -0.2) is 9.59 Å². The van der Waals surface area contributed by atoms with Crippen LogP contribution in [0.3, 0.4) is 0 Å². The highest BCUT2D eigenvalue weighted by molar-refractivity contribution is 5.69. The van der Waals surface area contributed by atoms with Crippen molar-refractivity contribution in [2.75, 3.05) is 19.7 Å². The van der Waals surface area contributed by atoms with Crippen molar-refractivity contribution in [3.63, 3.8) is 0 Å². The van der Waals surface area contributed by atoms with E-state index >= 15 is 0 Å². The summed E-state index contributed by atoms with van der Waals surface area (Å²) in [5, 5.41) is 12.9. The van der Waals surface area contributed by atoms with E-state index in [1.54, 1.807) is 20.8 Å². The van der Waals surface area contributed by atoms with E-state index in [4.69, 9.17) is 14.6 Å². The fraction of sp³-hybridized carbons (Fsp3) is 0.615. The molecule has 1 atom stereocenters. The van der Waals surface area contributed by atoms with E-state index in [9.17, 15) is 9.59 Å². The van der Waals surface area contributed by atoms with Crippen LogP contribution in [0.5, 0.6) is 0 Å². The van der Waals surface area contributed by atoms with Crippen molar-refractivity contribution in [2.24, 2.45) is 0 Å². The van der Waals surface area contributed by atoms with Gasteiger partial charge in [0.15, 0.2) is 0 Å². The normalized spacial score (nSPS) is 19.4. The molecule has 0 radical (unpaired) electrons. The van der Waals surface area contributed by atoms with Crippen LogP contribution in [0.1, 0.15) is 32.4 Å². The van der Waals surface area contributed by atoms with Gasteiger partial charge in [0.05, 0.1) is 19.3 Å². The first-order valence-corrected chi connectivity index (χ1v) is 6.63. The number of morpholine rings is 1. The minimum absolute atomic E-state index is 0.218. The summed E-state index contributed by atoms with van der Waals surface area (Å²) < 4.78 is 11.8. The SMILES string of the molecule is CC(C)(C)OC(=O)n1cc([C@H]2CN(C(=O)O)CCO2)cn1. The summed E-state index contributed by atoms with van der Waals surface area (Å²) in [4.78, 5) is 24.1. The maximum Gasteiger partial charge on any atom is 0.435 e. The first-order chi connectivity index (χ1) is 9.76. The molecule has 1 aliphatic heterocycles. The van der Waals surface area contributed by atoms with Crippen molar-refractivity contribution in [2.45, 2.75) is 32.5 Å². The molecule has 2 rings (SSSR count). The van der Waals surface area contributed by atoms with Gasteiger partial charge in [-0.15, -0.1) is 0 Å². The van der Waals surface area contributed by atoms with Crippen LogP contribution in [0.15, 0.2) is 12.4 Å². The molecular weight excluding hydrogens is 278 g/mol. The number of ether oxygens (including phenoxy) is 2. The average Bonchev–Trinajstić information content (AvgIpc) is 2.86. The molecule has 2 heterocycles. The molecule has 0 unspecified atom stereocenters. The van der Waals surface area contributed by atoms with Crippen LogP contribution in [-0.4, -0.2) is 57.3 Å². The Hall–Kier alpha value is -2.09. The van der Waals surface area contributed by atoms with E-state index in [-0.39, 0.29) is 6.54 Å². The summed E-state index contributed by atoms with van der Waals surface area (Å²) in [6.07, 6.45) is 0.998. The van der Waals surface area contributed by atoms with Crippen molar-refractivity contribution in [3.8, 4) is 0 Å². The number of nitrogens with zero attached hydrogens (tertiary/aromatic N) is 3. The highest BCUT2D eigenvalue weighted by Crippen LogP contribution is 2.22. The fourth-order valence-corrected chi connectivity index (χ4v) is 1.94. The predicted octanol–water partition coefficient (Wildman–Crippen LogP) is 1.72. The number of amides is 1. The standard InChI is InChI=1S/C13H19N3O5/c1-13(2,3)21-12(19)16-7-9(6-14-16)10-8-15(11(17)18)4-5-20-10/h6-7,10H,4-5,8H2,1-3H3,(H,17,18)/t10-/m1/s1. The largest absolute Gasteiger partial charge is 0.465 e. The highest BCUT2D eigenvalue weighted by Gasteiger charge is 2.27. The van der Waals surface area contributed by atoms with E-state index in [0.29, 0.717) is 18.7 Å². The van der Waals surface area contributed by atoms with Crippen LogP contribution < -0.4 is 0 Å². The third-order valence-corrected chi connectivity index (χ3v) is 2.89. The minimum atomic E-state index is -0.983. The van der Waals surface area contributed by atoms with Crippen LogP contribution >= 0.6 is 0 Å². The Labute approximate surface area is 122 Å². The molecule has 1 amide bonds. The summed E-state index contributed by atoms with van der Waals surface area (Å²) in [6.45, 7) is 6.18. The van der Waals surface area contributed by atoms with Gasteiger partial charge in [-0.3, -0.25) is 0 Å². The first-order valence-electron chi connectivity index (χ1n) is 6.63. The number of carboxylic acid groups (broad SMARTS) is 1. The Bertz CT molecular complexity index is 534. The third kappa shape index (κ3) is 3.94. The first kappa shape index (κ1) is 15.3. The number of hydrogen-bond acceptors (Lipinski definition) is 5. The van der Waals surface area contributed by atoms with Gasteiger partial charge in [-0.2, -0.15) is 9.78 Å². The van der Waals surface area contributed by atoms with Crippen LogP contribution in [0.2, 0.25) is 0 Å². The number of hydrogen-bond donors (Lipinski definition) is 1. The van der Waals surface area contributed by atoms with Crippen LogP contribution in [0, 0.1) is 0 Å². The van der Waals surface area contributed by atoms with Crippen molar-refractivity contribution in [3.05, 3.63) is 18.0 Å². The molecule has 0 aromatic carbocycles. The molecule has 21 heavy (non-hydrogen) atoms. The second-order valence-electron chi connectivity index (χ2n) is 5.79. The smallest absolute Gasteiger partial charge is 0.435 e. The lowest BCUT2D eigenvalue weighted by Gasteiger charge is -2.30. The van der Waals surface area contributed by atoms with Gasteiger partial charge in [0.1, 0.15) is 11.7 Å². The molecule has 1 aromatic rings. The van der Waals surface area contributed by atoms with Crippen LogP contribution in [0.4, 0.5) is 9.59 Å². The molecule has 1 saturated heterocycles.